The largest absolute Gasteiger partial charge is 0.444 e. The molecular formula is C28H36N4O3. The lowest BCUT2D eigenvalue weighted by Crippen LogP contribution is -2.42. The number of fused-ring (bicyclic) bond motifs is 1. The molecule has 7 heteroatoms. The summed E-state index contributed by atoms with van der Waals surface area (Å²) in [4.78, 5) is 26.8. The third kappa shape index (κ3) is 6.02. The molecule has 2 unspecified atom stereocenters. The Morgan fingerprint density at radius 2 is 1.89 bits per heavy atom. The van der Waals surface area contributed by atoms with E-state index in [4.69, 9.17) is 11.6 Å². The van der Waals surface area contributed by atoms with E-state index in [1.165, 1.54) is 10.9 Å². The predicted molar refractivity (Wildman–Crippen MR) is 138 cm³/mol. The molecule has 0 radical (unpaired) electrons. The number of amides is 2. The van der Waals surface area contributed by atoms with Crippen molar-refractivity contribution in [3.8, 4) is 5.69 Å². The number of carbonyl (C=O) groups excluding carboxylic acids is 2. The molecule has 2 heterocycles. The molecule has 1 fully saturated rings. The van der Waals surface area contributed by atoms with Crippen LogP contribution in [0.2, 0.25) is 0 Å². The van der Waals surface area contributed by atoms with Gasteiger partial charge in [0.15, 0.2) is 0 Å². The van der Waals surface area contributed by atoms with Gasteiger partial charge in [0.05, 0.1) is 18.1 Å². The number of rotatable bonds is 3. The van der Waals surface area contributed by atoms with E-state index in [9.17, 15) is 11.0 Å². The lowest BCUT2D eigenvalue weighted by Gasteiger charge is -2.34. The first-order valence-corrected chi connectivity index (χ1v) is 11.7. The molecule has 0 saturated carbocycles. The molecule has 2 atom stereocenters. The number of nitrogens with one attached hydrogen (secondary N) is 1. The zero-order chi connectivity index (χ0) is 30.7. The average Bonchev–Trinajstić information content (AvgIpc) is 3.26. The summed E-state index contributed by atoms with van der Waals surface area (Å²) >= 11 is 0. The lowest BCUT2D eigenvalue weighted by molar-refractivity contribution is 0.0198. The molecule has 186 valence electrons. The van der Waals surface area contributed by atoms with Gasteiger partial charge < -0.3 is 15.0 Å². The number of likely N-dealkylation sites (tertiary alicyclic amines) is 1. The molecule has 0 spiro atoms. The van der Waals surface area contributed by atoms with E-state index in [0.717, 1.165) is 4.90 Å². The van der Waals surface area contributed by atoms with Gasteiger partial charge in [-0.2, -0.15) is 5.10 Å². The lowest BCUT2D eigenvalue weighted by atomic mass is 9.91. The molecule has 7 nitrogen and oxygen atoms in total. The Bertz CT molecular complexity index is 1500. The van der Waals surface area contributed by atoms with Crippen molar-refractivity contribution in [3.63, 3.8) is 0 Å². The van der Waals surface area contributed by atoms with Crippen molar-refractivity contribution in [2.45, 2.75) is 71.4 Å². The van der Waals surface area contributed by atoms with Crippen LogP contribution in [0, 0.1) is 0 Å². The molecule has 1 aliphatic heterocycles. The number of aromatic nitrogens is 2. The van der Waals surface area contributed by atoms with Crippen LogP contribution in [-0.2, 0) is 4.74 Å². The van der Waals surface area contributed by atoms with Gasteiger partial charge in [-0.15, -0.1) is 0 Å². The summed E-state index contributed by atoms with van der Waals surface area (Å²) in [5.74, 6) is -2.27. The third-order valence-corrected chi connectivity index (χ3v) is 5.22. The Balaban J connectivity index is 1.80. The van der Waals surface area contributed by atoms with E-state index in [1.54, 1.807) is 39.0 Å². The smallest absolute Gasteiger partial charge is 0.410 e. The molecule has 35 heavy (non-hydrogen) atoms. The van der Waals surface area contributed by atoms with Gasteiger partial charge in [0.25, 0.3) is 5.91 Å². The van der Waals surface area contributed by atoms with Gasteiger partial charge in [0.1, 0.15) is 11.1 Å². The predicted octanol–water partition coefficient (Wildman–Crippen LogP) is 5.67. The second-order valence-electron chi connectivity index (χ2n) is 10.7. The summed E-state index contributed by atoms with van der Waals surface area (Å²) in [5, 5.41) is 7.94. The fraction of sp³-hybridized carbons (Fsp3) is 0.464. The minimum Gasteiger partial charge on any atom is -0.444 e. The number of nitrogens with zero attached hydrogens (tertiary/aromatic N) is 3. The van der Waals surface area contributed by atoms with Gasteiger partial charge >= 0.3 is 6.09 Å². The summed E-state index contributed by atoms with van der Waals surface area (Å²) in [6.07, 6.45) is 1.15. The van der Waals surface area contributed by atoms with Gasteiger partial charge in [-0.25, -0.2) is 9.48 Å². The topological polar surface area (TPSA) is 76.5 Å². The van der Waals surface area contributed by atoms with Crippen molar-refractivity contribution in [2.24, 2.45) is 0 Å². The van der Waals surface area contributed by atoms with Crippen molar-refractivity contribution in [2.75, 3.05) is 13.1 Å². The van der Waals surface area contributed by atoms with Crippen LogP contribution < -0.4 is 5.32 Å². The third-order valence-electron chi connectivity index (χ3n) is 5.22. The fourth-order valence-corrected chi connectivity index (χ4v) is 3.74. The van der Waals surface area contributed by atoms with E-state index >= 15 is 0 Å². The maximum absolute atomic E-state index is 12.9. The highest BCUT2D eigenvalue weighted by molar-refractivity contribution is 6.05. The number of benzene rings is 2. The Morgan fingerprint density at radius 1 is 1.17 bits per heavy atom. The van der Waals surface area contributed by atoms with Crippen LogP contribution in [0.15, 0.2) is 48.6 Å². The second kappa shape index (κ2) is 9.36. The highest BCUT2D eigenvalue weighted by Crippen LogP contribution is 2.29. The van der Waals surface area contributed by atoms with E-state index < -0.39 is 53.8 Å². The Hall–Kier alpha value is -3.35. The van der Waals surface area contributed by atoms with E-state index in [-0.39, 0.29) is 30.1 Å². The van der Waals surface area contributed by atoms with Crippen LogP contribution in [0.4, 0.5) is 4.79 Å². The number of hydrogen-bond donors (Lipinski definition) is 1. The minimum atomic E-state index is -1.93. The fourth-order valence-electron chi connectivity index (χ4n) is 3.74. The van der Waals surface area contributed by atoms with Crippen molar-refractivity contribution in [3.05, 3.63) is 59.7 Å². The monoisotopic (exact) mass is 482 g/mol. The quantitative estimate of drug-likeness (QED) is 0.522. The average molecular weight is 483 g/mol. The van der Waals surface area contributed by atoms with E-state index in [2.05, 4.69) is 10.4 Å². The zero-order valence-electron chi connectivity index (χ0n) is 27.1. The molecule has 2 aromatic carbocycles. The number of carbonyl (C=O) groups is 2. The Kier molecular flexibility index (Phi) is 4.81. The Labute approximate surface area is 215 Å². The van der Waals surface area contributed by atoms with Gasteiger partial charge in [0, 0.05) is 37.5 Å². The molecule has 1 N–H and O–H groups in total. The van der Waals surface area contributed by atoms with Crippen molar-refractivity contribution in [1.29, 1.82) is 0 Å². The maximum Gasteiger partial charge on any atom is 0.410 e. The first-order chi connectivity index (χ1) is 18.9. The molecule has 0 aliphatic carbocycles. The standard InChI is InChI=1S/C28H36N4O3/c1-27(2,3)29-25(33)23-11-7-9-21-18-32(30-24(21)23)22-14-12-19(13-15-22)20-10-8-16-31(17-20)26(34)35-28(4,5)6/h7,9,11-15,18,20H,8,10,16-17H2,1-6H3,(H,29,33)/i12D,13D,14D,15D,17D,20D. The molecular weight excluding hydrogens is 440 g/mol. The number of piperidine rings is 1. The summed E-state index contributed by atoms with van der Waals surface area (Å²) in [5.41, 5.74) is -1.07. The van der Waals surface area contributed by atoms with Gasteiger partial charge in [-0.1, -0.05) is 24.2 Å². The number of ether oxygens (including phenoxy) is 1. The van der Waals surface area contributed by atoms with Crippen LogP contribution in [0.3, 0.4) is 0 Å². The van der Waals surface area contributed by atoms with Gasteiger partial charge in [-0.3, -0.25) is 4.79 Å². The van der Waals surface area contributed by atoms with Crippen LogP contribution in [0.5, 0.6) is 0 Å². The SMILES string of the molecule is [2H]c1c([2H])c(C2([2H])CCCN(C(=O)OC(C)(C)C)C2[2H])c([2H])c([2H])c1-n1cc2cccc(C(=O)NC(C)(C)C)c2n1. The summed E-state index contributed by atoms with van der Waals surface area (Å²) in [7, 11) is 0. The molecule has 4 rings (SSSR count). The first kappa shape index (κ1) is 18.0. The maximum atomic E-state index is 12.9. The van der Waals surface area contributed by atoms with Gasteiger partial charge in [0.2, 0.25) is 0 Å². The zero-order valence-corrected chi connectivity index (χ0v) is 21.1. The second-order valence-corrected chi connectivity index (χ2v) is 10.7. The summed E-state index contributed by atoms with van der Waals surface area (Å²) in [6.45, 7) is 9.32. The minimum absolute atomic E-state index is 0.0638. The van der Waals surface area contributed by atoms with Crippen LogP contribution in [0.25, 0.3) is 16.6 Å². The number of hydrogen-bond acceptors (Lipinski definition) is 4. The van der Waals surface area contributed by atoms with Crippen LogP contribution >= 0.6 is 0 Å². The highest BCUT2D eigenvalue weighted by atomic mass is 16.6. The normalized spacial score (nSPS) is 23.5. The molecule has 2 amide bonds. The summed E-state index contributed by atoms with van der Waals surface area (Å²) in [6, 6.07) is 3.20. The van der Waals surface area contributed by atoms with Crippen LogP contribution in [-0.4, -0.2) is 50.9 Å². The summed E-state index contributed by atoms with van der Waals surface area (Å²) < 4.78 is 59.8. The van der Waals surface area contributed by atoms with Crippen molar-refractivity contribution in [1.82, 2.24) is 20.0 Å². The molecule has 3 aromatic rings. The van der Waals surface area contributed by atoms with Crippen molar-refractivity contribution < 1.29 is 22.6 Å². The Morgan fingerprint density at radius 3 is 2.54 bits per heavy atom. The van der Waals surface area contributed by atoms with Crippen molar-refractivity contribution >= 4 is 22.9 Å². The van der Waals surface area contributed by atoms with E-state index in [1.807, 2.05) is 20.8 Å². The molecule has 1 saturated heterocycles. The van der Waals surface area contributed by atoms with Gasteiger partial charge in [-0.05, 0) is 78.1 Å². The first-order valence-electron chi connectivity index (χ1n) is 14.8. The molecule has 1 aliphatic rings. The van der Waals surface area contributed by atoms with Crippen LogP contribution in [0.1, 0.15) is 84.4 Å². The highest BCUT2D eigenvalue weighted by Gasteiger charge is 2.28. The molecule has 0 bridgehead atoms. The molecule has 1 aromatic heterocycles. The van der Waals surface area contributed by atoms with E-state index in [0.29, 0.717) is 22.9 Å².